The number of hydrogen-bond acceptors (Lipinski definition) is 1. The van der Waals surface area contributed by atoms with Crippen molar-refractivity contribution in [1.82, 2.24) is 0 Å². The number of benzene rings is 3. The van der Waals surface area contributed by atoms with Crippen LogP contribution in [0.5, 0.6) is 0 Å². The zero-order valence-electron chi connectivity index (χ0n) is 18.0. The first-order valence-electron chi connectivity index (χ1n) is 10.3. The van der Waals surface area contributed by atoms with Crippen LogP contribution in [0.1, 0.15) is 13.8 Å². The van der Waals surface area contributed by atoms with Gasteiger partial charge in [-0.3, -0.25) is 0 Å². The molecule has 3 aromatic carbocycles. The summed E-state index contributed by atoms with van der Waals surface area (Å²) in [5.74, 6) is -3.29. The SMILES string of the molecule is CC(C=O)=CC=CC=C(C)CP(Cl)(c1ccccc1)(c1ccccc1)c1ccccc1. The number of allylic oxidation sites excluding steroid dienone is 6. The molecule has 3 rings (SSSR count). The van der Waals surface area contributed by atoms with Crippen LogP contribution in [0.3, 0.4) is 0 Å². The van der Waals surface area contributed by atoms with E-state index in [0.29, 0.717) is 11.7 Å². The molecule has 1 nitrogen and oxygen atoms in total. The molecule has 0 atom stereocenters. The molecule has 0 heterocycles. The summed E-state index contributed by atoms with van der Waals surface area (Å²) >= 11 is 8.06. The Hall–Kier alpha value is -2.73. The second kappa shape index (κ2) is 10.1. The van der Waals surface area contributed by atoms with Gasteiger partial charge in [0.1, 0.15) is 0 Å². The molecular formula is C28H28ClOP. The van der Waals surface area contributed by atoms with E-state index >= 15 is 0 Å². The van der Waals surface area contributed by atoms with Crippen LogP contribution >= 0.6 is 17.2 Å². The number of aldehydes is 1. The van der Waals surface area contributed by atoms with E-state index in [9.17, 15) is 4.79 Å². The minimum atomic E-state index is -3.29. The molecule has 0 unspecified atom stereocenters. The van der Waals surface area contributed by atoms with Crippen LogP contribution in [-0.4, -0.2) is 12.4 Å². The van der Waals surface area contributed by atoms with Gasteiger partial charge in [0.15, 0.2) is 0 Å². The molecule has 3 heteroatoms. The summed E-state index contributed by atoms with van der Waals surface area (Å²) in [6.07, 6.45) is 9.33. The predicted octanol–water partition coefficient (Wildman–Crippen LogP) is 6.32. The number of hydrogen-bond donors (Lipinski definition) is 0. The monoisotopic (exact) mass is 446 g/mol. The summed E-state index contributed by atoms with van der Waals surface area (Å²) in [6.45, 7) is 3.92. The first-order valence-corrected chi connectivity index (χ1v) is 13.7. The molecule has 0 aromatic heterocycles. The van der Waals surface area contributed by atoms with Gasteiger partial charge in [0.05, 0.1) is 0 Å². The maximum atomic E-state index is 10.8. The van der Waals surface area contributed by atoms with Crippen molar-refractivity contribution in [3.8, 4) is 0 Å². The van der Waals surface area contributed by atoms with Crippen molar-refractivity contribution in [1.29, 1.82) is 0 Å². The first-order chi connectivity index (χ1) is 15.0. The third kappa shape index (κ3) is 4.79. The van der Waals surface area contributed by atoms with Gasteiger partial charge < -0.3 is 0 Å². The molecule has 0 saturated carbocycles. The van der Waals surface area contributed by atoms with E-state index in [-0.39, 0.29) is 0 Å². The molecule has 0 amide bonds. The second-order valence-corrected chi connectivity index (χ2v) is 14.2. The maximum absolute atomic E-state index is 10.8. The van der Waals surface area contributed by atoms with Gasteiger partial charge in [0.2, 0.25) is 0 Å². The summed E-state index contributed by atoms with van der Waals surface area (Å²) in [7, 11) is 0. The molecule has 31 heavy (non-hydrogen) atoms. The Bertz CT molecular complexity index is 1000. The van der Waals surface area contributed by atoms with Crippen molar-refractivity contribution in [2.24, 2.45) is 0 Å². The fourth-order valence-corrected chi connectivity index (χ4v) is 10.4. The van der Waals surface area contributed by atoms with E-state index in [1.165, 1.54) is 5.57 Å². The molecule has 0 bridgehead atoms. The van der Waals surface area contributed by atoms with Crippen molar-refractivity contribution >= 4 is 39.4 Å². The van der Waals surface area contributed by atoms with Crippen LogP contribution in [0.15, 0.2) is 126 Å². The van der Waals surface area contributed by atoms with Crippen LogP contribution in [0.4, 0.5) is 0 Å². The quantitative estimate of drug-likeness (QED) is 0.171. The van der Waals surface area contributed by atoms with Gasteiger partial charge in [0, 0.05) is 0 Å². The Balaban J connectivity index is 2.23. The summed E-state index contributed by atoms with van der Waals surface area (Å²) in [5, 5.41) is 3.46. The zero-order valence-corrected chi connectivity index (χ0v) is 19.6. The average molecular weight is 447 g/mol. The predicted molar refractivity (Wildman–Crippen MR) is 139 cm³/mol. The Labute approximate surface area is 190 Å². The zero-order chi connectivity index (χ0) is 22.2. The standard InChI is InChI=1S/C28H28ClOP/c1-24(22-30)14-12-13-15-25(2)23-31(29,26-16-6-3-7-17-26,27-18-8-4-9-19-27)28-20-10-5-11-21-28/h3-22H,23H2,1-2H3. The third-order valence-corrected chi connectivity index (χ3v) is 12.8. The molecular weight excluding hydrogens is 419 g/mol. The summed E-state index contributed by atoms with van der Waals surface area (Å²) in [5.41, 5.74) is 1.87. The van der Waals surface area contributed by atoms with E-state index < -0.39 is 5.96 Å². The number of carbonyl (C=O) groups is 1. The van der Waals surface area contributed by atoms with Gasteiger partial charge in [-0.25, -0.2) is 0 Å². The molecule has 0 fully saturated rings. The van der Waals surface area contributed by atoms with Crippen LogP contribution in [-0.2, 0) is 4.79 Å². The summed E-state index contributed by atoms with van der Waals surface area (Å²) in [6, 6.07) is 31.4. The van der Waals surface area contributed by atoms with Crippen molar-refractivity contribution in [2.75, 3.05) is 6.16 Å². The fourth-order valence-electron chi connectivity index (χ4n) is 3.93. The van der Waals surface area contributed by atoms with Gasteiger partial charge in [-0.2, -0.15) is 0 Å². The summed E-state index contributed by atoms with van der Waals surface area (Å²) in [4.78, 5) is 10.8. The Morgan fingerprint density at radius 1 is 0.710 bits per heavy atom. The number of rotatable bonds is 8. The van der Waals surface area contributed by atoms with E-state index in [1.807, 2.05) is 36.4 Å². The first kappa shape index (κ1) is 22.9. The van der Waals surface area contributed by atoms with Crippen molar-refractivity contribution in [3.05, 3.63) is 126 Å². The van der Waals surface area contributed by atoms with Crippen LogP contribution in [0, 0.1) is 0 Å². The van der Waals surface area contributed by atoms with Gasteiger partial charge in [0.25, 0.3) is 0 Å². The van der Waals surface area contributed by atoms with E-state index in [4.69, 9.17) is 11.2 Å². The molecule has 158 valence electrons. The van der Waals surface area contributed by atoms with Crippen LogP contribution in [0.25, 0.3) is 0 Å². The van der Waals surface area contributed by atoms with Crippen molar-refractivity contribution in [3.63, 3.8) is 0 Å². The Morgan fingerprint density at radius 2 is 1.10 bits per heavy atom. The van der Waals surface area contributed by atoms with Crippen LogP contribution < -0.4 is 15.9 Å². The topological polar surface area (TPSA) is 17.1 Å². The molecule has 0 aliphatic heterocycles. The van der Waals surface area contributed by atoms with E-state index in [1.54, 1.807) is 6.92 Å². The second-order valence-electron chi connectivity index (χ2n) is 7.77. The molecule has 0 spiro atoms. The fraction of sp³-hybridized carbons (Fsp3) is 0.107. The summed E-state index contributed by atoms with van der Waals surface area (Å²) < 4.78 is 0. The van der Waals surface area contributed by atoms with Gasteiger partial charge >= 0.3 is 191 Å². The van der Waals surface area contributed by atoms with Gasteiger partial charge in [-0.15, -0.1) is 0 Å². The number of halogens is 1. The Morgan fingerprint density at radius 3 is 1.48 bits per heavy atom. The molecule has 3 aromatic rings. The average Bonchev–Trinajstić information content (AvgIpc) is 2.83. The van der Waals surface area contributed by atoms with E-state index in [0.717, 1.165) is 22.2 Å². The number of carbonyl (C=O) groups excluding carboxylic acids is 1. The van der Waals surface area contributed by atoms with Crippen LogP contribution in [0.2, 0.25) is 0 Å². The minimum absolute atomic E-state index is 0.692. The van der Waals surface area contributed by atoms with Crippen molar-refractivity contribution in [2.45, 2.75) is 13.8 Å². The van der Waals surface area contributed by atoms with Gasteiger partial charge in [-0.05, 0) is 0 Å². The third-order valence-electron chi connectivity index (χ3n) is 5.47. The molecule has 0 radical (unpaired) electrons. The van der Waals surface area contributed by atoms with Gasteiger partial charge in [-0.1, -0.05) is 0 Å². The van der Waals surface area contributed by atoms with E-state index in [2.05, 4.69) is 85.8 Å². The van der Waals surface area contributed by atoms with Crippen molar-refractivity contribution < 1.29 is 4.79 Å². The normalized spacial score (nSPS) is 14.2. The molecule has 0 N–H and O–H groups in total. The molecule has 0 saturated heterocycles. The Kier molecular flexibility index (Phi) is 7.44. The molecule has 0 aliphatic rings. The molecule has 0 aliphatic carbocycles.